The van der Waals surface area contributed by atoms with Gasteiger partial charge in [0.15, 0.2) is 5.84 Å². The van der Waals surface area contributed by atoms with E-state index < -0.39 is 5.97 Å². The zero-order valence-electron chi connectivity index (χ0n) is 23.7. The van der Waals surface area contributed by atoms with E-state index in [1.807, 2.05) is 26.8 Å². The first-order valence-corrected chi connectivity index (χ1v) is 13.3. The number of carboxylic acids is 1. The molecule has 0 saturated carbocycles. The highest BCUT2D eigenvalue weighted by molar-refractivity contribution is 6.08. The monoisotopic (exact) mass is 576 g/mol. The summed E-state index contributed by atoms with van der Waals surface area (Å²) in [5.41, 5.74) is 15.7. The molecule has 0 radical (unpaired) electrons. The highest BCUT2D eigenvalue weighted by Crippen LogP contribution is 2.31. The van der Waals surface area contributed by atoms with Crippen molar-refractivity contribution in [2.45, 2.75) is 46.3 Å². The molecule has 0 spiro atoms. The van der Waals surface area contributed by atoms with E-state index in [0.717, 1.165) is 5.56 Å². The van der Waals surface area contributed by atoms with Gasteiger partial charge in [-0.3, -0.25) is 14.4 Å². The molecule has 0 heterocycles. The third-order valence-corrected chi connectivity index (χ3v) is 6.16. The van der Waals surface area contributed by atoms with E-state index in [4.69, 9.17) is 21.4 Å². The number of carboxylic acid groups (broad SMARTS) is 1. The molecule has 12 nitrogen and oxygen atoms in total. The molecule has 222 valence electrons. The fraction of sp³-hybridized carbons (Fsp3) is 0.267. The van der Waals surface area contributed by atoms with Crippen molar-refractivity contribution in [3.8, 4) is 5.75 Å². The number of carbonyl (C=O) groups is 3. The number of carbonyl (C=O) groups excluding carboxylic acids is 2. The summed E-state index contributed by atoms with van der Waals surface area (Å²) >= 11 is 0. The number of rotatable bonds is 13. The van der Waals surface area contributed by atoms with Crippen LogP contribution in [-0.4, -0.2) is 46.6 Å². The summed E-state index contributed by atoms with van der Waals surface area (Å²) in [6.45, 7) is 5.57. The second-order valence-corrected chi connectivity index (χ2v) is 9.84. The fourth-order valence-electron chi connectivity index (χ4n) is 4.19. The largest absolute Gasteiger partial charge is 0.491 e. The summed E-state index contributed by atoms with van der Waals surface area (Å²) in [6, 6.07) is 15.3. The number of oxime groups is 1. The first-order valence-electron chi connectivity index (χ1n) is 13.3. The van der Waals surface area contributed by atoms with Crippen LogP contribution in [0.15, 0.2) is 59.8 Å². The minimum atomic E-state index is -0.957. The fourth-order valence-corrected chi connectivity index (χ4v) is 4.19. The van der Waals surface area contributed by atoms with Gasteiger partial charge >= 0.3 is 5.97 Å². The van der Waals surface area contributed by atoms with Gasteiger partial charge in [-0.25, -0.2) is 0 Å². The molecule has 9 N–H and O–H groups in total. The Kier molecular flexibility index (Phi) is 10.9. The normalized spacial score (nSPS) is 11.2. The Bertz CT molecular complexity index is 1470. The smallest absolute Gasteiger partial charge is 0.303 e. The number of hydrogen-bond donors (Lipinski definition) is 7. The van der Waals surface area contributed by atoms with Gasteiger partial charge in [0.2, 0.25) is 5.91 Å². The molecule has 3 rings (SSSR count). The van der Waals surface area contributed by atoms with Crippen LogP contribution < -0.4 is 32.2 Å². The van der Waals surface area contributed by atoms with Crippen molar-refractivity contribution in [1.82, 2.24) is 0 Å². The number of aliphatic carboxylic acids is 1. The molecule has 0 bridgehead atoms. The lowest BCUT2D eigenvalue weighted by molar-refractivity contribution is -0.137. The molecule has 12 heteroatoms. The lowest BCUT2D eigenvalue weighted by Crippen LogP contribution is -2.22. The molecule has 0 aromatic heterocycles. The van der Waals surface area contributed by atoms with E-state index in [-0.39, 0.29) is 49.7 Å². The van der Waals surface area contributed by atoms with Crippen LogP contribution in [-0.2, 0) is 22.6 Å². The number of anilines is 3. The second kappa shape index (κ2) is 14.5. The van der Waals surface area contributed by atoms with Gasteiger partial charge in [0, 0.05) is 41.7 Å². The van der Waals surface area contributed by atoms with Crippen LogP contribution in [0.4, 0.5) is 17.1 Å². The molecule has 0 aliphatic rings. The SMILES string of the molecule is Cc1ccc(NCc2cc(NC(=O)CN)cc(OC(C)C)c2CCC(=O)O)c(C(=O)Nc2ccc(/C(N)=N/O)cc2)c1. The zero-order valence-corrected chi connectivity index (χ0v) is 23.7. The van der Waals surface area contributed by atoms with Crippen molar-refractivity contribution < 1.29 is 29.4 Å². The Morgan fingerprint density at radius 1 is 1.00 bits per heavy atom. The van der Waals surface area contributed by atoms with Gasteiger partial charge in [-0.1, -0.05) is 16.8 Å². The maximum atomic E-state index is 13.3. The molecule has 0 atom stereocenters. The van der Waals surface area contributed by atoms with Gasteiger partial charge in [-0.2, -0.15) is 0 Å². The van der Waals surface area contributed by atoms with Crippen molar-refractivity contribution in [1.29, 1.82) is 0 Å². The van der Waals surface area contributed by atoms with Gasteiger partial charge in [0.05, 0.1) is 18.2 Å². The number of hydrogen-bond acceptors (Lipinski definition) is 8. The molecule has 0 fully saturated rings. The molecule has 0 unspecified atom stereocenters. The molecule has 0 saturated heterocycles. The number of benzene rings is 3. The molecule has 0 aliphatic heterocycles. The van der Waals surface area contributed by atoms with Crippen molar-refractivity contribution in [3.63, 3.8) is 0 Å². The van der Waals surface area contributed by atoms with Crippen molar-refractivity contribution >= 4 is 40.7 Å². The first kappa shape index (κ1) is 31.4. The third-order valence-electron chi connectivity index (χ3n) is 6.16. The summed E-state index contributed by atoms with van der Waals surface area (Å²) in [5.74, 6) is -1.30. The predicted molar refractivity (Wildman–Crippen MR) is 161 cm³/mol. The molecule has 3 aromatic carbocycles. The van der Waals surface area contributed by atoms with Crippen LogP contribution in [0.2, 0.25) is 0 Å². The molecule has 0 aliphatic carbocycles. The summed E-state index contributed by atoms with van der Waals surface area (Å²) in [7, 11) is 0. The van der Waals surface area contributed by atoms with Crippen LogP contribution in [0, 0.1) is 6.92 Å². The van der Waals surface area contributed by atoms with Crippen LogP contribution in [0.5, 0.6) is 5.75 Å². The third kappa shape index (κ3) is 8.70. The molecule has 3 aromatic rings. The number of nitrogens with zero attached hydrogens (tertiary/aromatic N) is 1. The summed E-state index contributed by atoms with van der Waals surface area (Å²) in [5, 5.41) is 30.1. The highest BCUT2D eigenvalue weighted by atomic mass is 16.5. The van der Waals surface area contributed by atoms with Crippen LogP contribution >= 0.6 is 0 Å². The van der Waals surface area contributed by atoms with Crippen molar-refractivity contribution in [3.05, 3.63) is 82.4 Å². The number of nitrogens with one attached hydrogen (secondary N) is 3. The highest BCUT2D eigenvalue weighted by Gasteiger charge is 2.18. The van der Waals surface area contributed by atoms with Crippen LogP contribution in [0.1, 0.15) is 52.9 Å². The summed E-state index contributed by atoms with van der Waals surface area (Å²) in [4.78, 5) is 36.8. The maximum absolute atomic E-state index is 13.3. The van der Waals surface area contributed by atoms with Gasteiger partial charge < -0.3 is 42.5 Å². The minimum absolute atomic E-state index is 0.0469. The van der Waals surface area contributed by atoms with E-state index in [1.54, 1.807) is 48.5 Å². The second-order valence-electron chi connectivity index (χ2n) is 9.84. The quantitative estimate of drug-likeness (QED) is 0.0686. The molecule has 2 amide bonds. The van der Waals surface area contributed by atoms with E-state index in [1.165, 1.54) is 0 Å². The Balaban J connectivity index is 1.94. The lowest BCUT2D eigenvalue weighted by Gasteiger charge is -2.21. The Morgan fingerprint density at radius 3 is 2.33 bits per heavy atom. The number of nitrogens with two attached hydrogens (primary N) is 2. The van der Waals surface area contributed by atoms with E-state index in [9.17, 15) is 19.5 Å². The van der Waals surface area contributed by atoms with Crippen molar-refractivity contribution in [2.24, 2.45) is 16.6 Å². The van der Waals surface area contributed by atoms with Gasteiger partial charge in [-0.05, 0) is 80.8 Å². The van der Waals surface area contributed by atoms with Gasteiger partial charge in [-0.15, -0.1) is 0 Å². The average Bonchev–Trinajstić information content (AvgIpc) is 2.95. The number of ether oxygens (including phenoxy) is 1. The Morgan fingerprint density at radius 2 is 1.71 bits per heavy atom. The van der Waals surface area contributed by atoms with Crippen LogP contribution in [0.3, 0.4) is 0 Å². The number of amidine groups is 1. The zero-order chi connectivity index (χ0) is 30.8. The van der Waals surface area contributed by atoms with Crippen molar-refractivity contribution in [2.75, 3.05) is 22.5 Å². The topological polar surface area (TPSA) is 201 Å². The number of aryl methyl sites for hydroxylation is 1. The Hall–Kier alpha value is -5.10. The molecular weight excluding hydrogens is 540 g/mol. The summed E-state index contributed by atoms with van der Waals surface area (Å²) < 4.78 is 6.00. The maximum Gasteiger partial charge on any atom is 0.303 e. The summed E-state index contributed by atoms with van der Waals surface area (Å²) in [6.07, 6.45) is -0.131. The van der Waals surface area contributed by atoms with Gasteiger partial charge in [0.25, 0.3) is 5.91 Å². The predicted octanol–water partition coefficient (Wildman–Crippen LogP) is 3.66. The Labute approximate surface area is 243 Å². The lowest BCUT2D eigenvalue weighted by atomic mass is 9.99. The van der Waals surface area contributed by atoms with Gasteiger partial charge in [0.1, 0.15) is 5.75 Å². The van der Waals surface area contributed by atoms with E-state index in [2.05, 4.69) is 21.1 Å². The molecule has 42 heavy (non-hydrogen) atoms. The number of amides is 2. The average molecular weight is 577 g/mol. The van der Waals surface area contributed by atoms with E-state index >= 15 is 0 Å². The minimum Gasteiger partial charge on any atom is -0.491 e. The first-order chi connectivity index (χ1) is 20.0. The standard InChI is InChI=1S/C30H36N6O6/c1-17(2)42-26-14-22(34-27(37)15-31)13-20(23(26)9-11-28(38)39)16-33-25-10-4-18(3)12-24(25)30(40)35-21-7-5-19(6-8-21)29(32)36-41/h4-8,10,12-14,17,33,41H,9,11,15-16,31H2,1-3H3,(H2,32,36)(H,34,37)(H,35,40)(H,38,39). The van der Waals surface area contributed by atoms with E-state index in [0.29, 0.717) is 45.1 Å². The van der Waals surface area contributed by atoms with Crippen LogP contribution in [0.25, 0.3) is 0 Å². The molecular formula is C30H36N6O6.